The summed E-state index contributed by atoms with van der Waals surface area (Å²) in [5.41, 5.74) is 0.321. The number of piperidine rings is 1. The van der Waals surface area contributed by atoms with E-state index in [-0.39, 0.29) is 24.8 Å². The molecule has 2 saturated heterocycles. The maximum Gasteiger partial charge on any atom is 0.410 e. The van der Waals surface area contributed by atoms with E-state index in [9.17, 15) is 9.90 Å². The van der Waals surface area contributed by atoms with Crippen molar-refractivity contribution in [2.45, 2.75) is 69.2 Å². The fraction of sp³-hybridized carbons (Fsp3) is 0.667. The lowest BCUT2D eigenvalue weighted by atomic mass is 9.76. The second-order valence-corrected chi connectivity index (χ2v) is 8.28. The Labute approximate surface area is 155 Å². The average molecular weight is 359 g/mol. The van der Waals surface area contributed by atoms with E-state index in [1.54, 1.807) is 0 Å². The van der Waals surface area contributed by atoms with E-state index < -0.39 is 5.60 Å². The second kappa shape index (κ2) is 7.57. The van der Waals surface area contributed by atoms with E-state index in [1.807, 2.05) is 35.2 Å². The van der Waals surface area contributed by atoms with Crippen LogP contribution in [0.2, 0.25) is 0 Å². The van der Waals surface area contributed by atoms with Gasteiger partial charge in [0.1, 0.15) is 6.61 Å². The van der Waals surface area contributed by atoms with Gasteiger partial charge in [0.2, 0.25) is 0 Å². The summed E-state index contributed by atoms with van der Waals surface area (Å²) in [5.74, 6) is 0.637. The molecule has 1 aromatic rings. The minimum atomic E-state index is -0.662. The Kier molecular flexibility index (Phi) is 5.18. The van der Waals surface area contributed by atoms with Crippen molar-refractivity contribution >= 4 is 6.09 Å². The van der Waals surface area contributed by atoms with Crippen molar-refractivity contribution in [2.24, 2.45) is 5.92 Å². The monoisotopic (exact) mass is 359 g/mol. The van der Waals surface area contributed by atoms with Crippen LogP contribution in [0.3, 0.4) is 0 Å². The minimum Gasteiger partial charge on any atom is -0.445 e. The molecule has 5 heteroatoms. The van der Waals surface area contributed by atoms with Gasteiger partial charge in [0.05, 0.1) is 30.9 Å². The van der Waals surface area contributed by atoms with Crippen molar-refractivity contribution < 1.29 is 19.4 Å². The Morgan fingerprint density at radius 2 is 1.81 bits per heavy atom. The maximum atomic E-state index is 12.7. The number of rotatable bonds is 4. The number of benzene rings is 1. The highest BCUT2D eigenvalue weighted by molar-refractivity contribution is 5.69. The molecule has 0 radical (unpaired) electrons. The quantitative estimate of drug-likeness (QED) is 0.894. The number of ether oxygens (including phenoxy) is 2. The summed E-state index contributed by atoms with van der Waals surface area (Å²) in [5, 5.41) is 11.2. The van der Waals surface area contributed by atoms with Gasteiger partial charge in [-0.15, -0.1) is 0 Å². The van der Waals surface area contributed by atoms with Crippen molar-refractivity contribution in [3.8, 4) is 0 Å². The van der Waals surface area contributed by atoms with Gasteiger partial charge in [-0.05, 0) is 30.7 Å². The molecule has 3 fully saturated rings. The van der Waals surface area contributed by atoms with Gasteiger partial charge in [0.15, 0.2) is 0 Å². The molecule has 1 N–H and O–H groups in total. The topological polar surface area (TPSA) is 59.0 Å². The number of carbonyl (C=O) groups is 1. The molecule has 26 heavy (non-hydrogen) atoms. The van der Waals surface area contributed by atoms with Crippen LogP contribution in [-0.4, -0.2) is 47.0 Å². The zero-order chi connectivity index (χ0) is 18.0. The Hall–Kier alpha value is -1.59. The molecule has 1 aromatic carbocycles. The summed E-state index contributed by atoms with van der Waals surface area (Å²) >= 11 is 0. The highest BCUT2D eigenvalue weighted by Crippen LogP contribution is 2.41. The van der Waals surface area contributed by atoms with Crippen LogP contribution in [0.25, 0.3) is 0 Å². The number of hydrogen-bond donors (Lipinski definition) is 1. The number of morpholine rings is 1. The fourth-order valence-electron chi connectivity index (χ4n) is 5.08. The number of carbonyl (C=O) groups excluding carboxylic acids is 1. The van der Waals surface area contributed by atoms with Crippen LogP contribution in [0, 0.1) is 5.92 Å². The van der Waals surface area contributed by atoms with Crippen molar-refractivity contribution in [3.63, 3.8) is 0 Å². The summed E-state index contributed by atoms with van der Waals surface area (Å²) in [4.78, 5) is 14.5. The standard InChI is InChI=1S/C21H29NO4/c23-20(26-13-17-8-2-1-3-9-17)22-18-11-21(24,10-16-6-4-5-7-16)12-19(22)15-25-14-18/h1-3,8-9,16,18-19,24H,4-7,10-15H2. The Morgan fingerprint density at radius 3 is 2.46 bits per heavy atom. The third-order valence-electron chi connectivity index (χ3n) is 6.20. The Bertz CT molecular complexity index is 600. The molecule has 4 rings (SSSR count). The van der Waals surface area contributed by atoms with Crippen molar-refractivity contribution in [2.75, 3.05) is 13.2 Å². The highest BCUT2D eigenvalue weighted by atomic mass is 16.6. The number of fused-ring (bicyclic) bond motifs is 2. The van der Waals surface area contributed by atoms with Gasteiger partial charge in [-0.1, -0.05) is 56.0 Å². The summed E-state index contributed by atoms with van der Waals surface area (Å²) in [6, 6.07) is 9.56. The molecule has 2 unspecified atom stereocenters. The molecular formula is C21H29NO4. The Morgan fingerprint density at radius 1 is 1.15 bits per heavy atom. The van der Waals surface area contributed by atoms with Gasteiger partial charge in [-0.25, -0.2) is 4.79 Å². The third-order valence-corrected chi connectivity index (χ3v) is 6.20. The summed E-state index contributed by atoms with van der Waals surface area (Å²) in [6.45, 7) is 1.26. The molecule has 2 bridgehead atoms. The number of hydrogen-bond acceptors (Lipinski definition) is 4. The molecular weight excluding hydrogens is 330 g/mol. The highest BCUT2D eigenvalue weighted by Gasteiger charge is 2.49. The second-order valence-electron chi connectivity index (χ2n) is 8.28. The predicted octanol–water partition coefficient (Wildman–Crippen LogP) is 3.50. The number of nitrogens with zero attached hydrogens (tertiary/aromatic N) is 1. The van der Waals surface area contributed by atoms with Crippen LogP contribution >= 0.6 is 0 Å². The summed E-state index contributed by atoms with van der Waals surface area (Å²) < 4.78 is 11.2. The third kappa shape index (κ3) is 3.89. The molecule has 1 aliphatic carbocycles. The zero-order valence-electron chi connectivity index (χ0n) is 15.3. The maximum absolute atomic E-state index is 12.7. The molecule has 2 aliphatic heterocycles. The summed E-state index contributed by atoms with van der Waals surface area (Å²) in [6.07, 6.45) is 6.82. The molecule has 5 nitrogen and oxygen atoms in total. The molecule has 2 atom stereocenters. The molecule has 0 aromatic heterocycles. The first-order chi connectivity index (χ1) is 12.6. The number of aliphatic hydroxyl groups is 1. The SMILES string of the molecule is O=C(OCc1ccccc1)N1C2COCC1CC(O)(CC1CCCC1)C2. The van der Waals surface area contributed by atoms with Crippen LogP contribution in [0.4, 0.5) is 4.79 Å². The van der Waals surface area contributed by atoms with E-state index in [2.05, 4.69) is 0 Å². The van der Waals surface area contributed by atoms with Gasteiger partial charge in [0, 0.05) is 0 Å². The van der Waals surface area contributed by atoms with Crippen LogP contribution in [0.5, 0.6) is 0 Å². The summed E-state index contributed by atoms with van der Waals surface area (Å²) in [7, 11) is 0. The lowest BCUT2D eigenvalue weighted by Gasteiger charge is -2.51. The molecule has 3 aliphatic rings. The van der Waals surface area contributed by atoms with Crippen molar-refractivity contribution in [1.82, 2.24) is 4.90 Å². The predicted molar refractivity (Wildman–Crippen MR) is 97.6 cm³/mol. The van der Waals surface area contributed by atoms with E-state index in [0.29, 0.717) is 32.0 Å². The van der Waals surface area contributed by atoms with Crippen LogP contribution < -0.4 is 0 Å². The molecule has 142 valence electrons. The first kappa shape index (κ1) is 17.8. The Balaban J connectivity index is 1.39. The lowest BCUT2D eigenvalue weighted by Crippen LogP contribution is -2.63. The number of amides is 1. The minimum absolute atomic E-state index is 0.0859. The molecule has 1 saturated carbocycles. The van der Waals surface area contributed by atoms with Crippen LogP contribution in [-0.2, 0) is 16.1 Å². The first-order valence-corrected chi connectivity index (χ1v) is 9.92. The average Bonchev–Trinajstić information content (AvgIpc) is 3.12. The molecule has 0 spiro atoms. The molecule has 2 heterocycles. The molecule has 1 amide bonds. The first-order valence-electron chi connectivity index (χ1n) is 9.92. The zero-order valence-corrected chi connectivity index (χ0v) is 15.3. The van der Waals surface area contributed by atoms with E-state index in [4.69, 9.17) is 9.47 Å². The van der Waals surface area contributed by atoms with E-state index >= 15 is 0 Å². The van der Waals surface area contributed by atoms with E-state index in [1.165, 1.54) is 25.7 Å². The van der Waals surface area contributed by atoms with Gasteiger partial charge in [0.25, 0.3) is 0 Å². The van der Waals surface area contributed by atoms with Crippen LogP contribution in [0.1, 0.15) is 50.5 Å². The van der Waals surface area contributed by atoms with Crippen molar-refractivity contribution in [1.29, 1.82) is 0 Å². The van der Waals surface area contributed by atoms with Gasteiger partial charge in [-0.2, -0.15) is 0 Å². The van der Waals surface area contributed by atoms with Gasteiger partial charge < -0.3 is 14.6 Å². The normalized spacial score (nSPS) is 31.8. The van der Waals surface area contributed by atoms with E-state index in [0.717, 1.165) is 12.0 Å². The van der Waals surface area contributed by atoms with Gasteiger partial charge in [-0.3, -0.25) is 4.90 Å². The van der Waals surface area contributed by atoms with Gasteiger partial charge >= 0.3 is 6.09 Å². The largest absolute Gasteiger partial charge is 0.445 e. The fourth-order valence-corrected chi connectivity index (χ4v) is 5.08. The van der Waals surface area contributed by atoms with Crippen LogP contribution in [0.15, 0.2) is 30.3 Å². The smallest absolute Gasteiger partial charge is 0.410 e. The lowest BCUT2D eigenvalue weighted by molar-refractivity contribution is -0.139. The van der Waals surface area contributed by atoms with Crippen molar-refractivity contribution in [3.05, 3.63) is 35.9 Å².